The predicted molar refractivity (Wildman–Crippen MR) is 67.2 cm³/mol. The van der Waals surface area contributed by atoms with Crippen LogP contribution in [0.2, 0.25) is 0 Å². The van der Waals surface area contributed by atoms with Crippen molar-refractivity contribution in [1.29, 1.82) is 0 Å². The molecule has 1 aliphatic rings. The molecule has 16 heavy (non-hydrogen) atoms. The quantitative estimate of drug-likeness (QED) is 0.747. The van der Waals surface area contributed by atoms with Crippen LogP contribution in [0.4, 0.5) is 0 Å². The Morgan fingerprint density at radius 3 is 3.00 bits per heavy atom. The Hall–Kier alpha value is -0.710. The van der Waals surface area contributed by atoms with E-state index in [0.717, 1.165) is 24.5 Å². The van der Waals surface area contributed by atoms with E-state index >= 15 is 0 Å². The SMILES string of the molecule is CC1CN(CC(=O)c2cccs2)CCN1C. The van der Waals surface area contributed by atoms with Gasteiger partial charge < -0.3 is 4.90 Å². The van der Waals surface area contributed by atoms with E-state index in [9.17, 15) is 4.79 Å². The number of rotatable bonds is 3. The molecule has 0 amide bonds. The molecular formula is C12H18N2OS. The molecule has 1 fully saturated rings. The maximum atomic E-state index is 11.9. The van der Waals surface area contributed by atoms with Crippen molar-refractivity contribution >= 4 is 17.1 Å². The fraction of sp³-hybridized carbons (Fsp3) is 0.583. The molecule has 0 bridgehead atoms. The maximum Gasteiger partial charge on any atom is 0.186 e. The highest BCUT2D eigenvalue weighted by Crippen LogP contribution is 2.12. The zero-order valence-electron chi connectivity index (χ0n) is 9.85. The third-order valence-corrected chi connectivity index (χ3v) is 4.12. The summed E-state index contributed by atoms with van der Waals surface area (Å²) in [6.45, 7) is 5.82. The summed E-state index contributed by atoms with van der Waals surface area (Å²) in [5.41, 5.74) is 0. The molecule has 1 atom stereocenters. The first-order valence-electron chi connectivity index (χ1n) is 5.66. The lowest BCUT2D eigenvalue weighted by Gasteiger charge is -2.37. The van der Waals surface area contributed by atoms with E-state index in [0.29, 0.717) is 12.6 Å². The van der Waals surface area contributed by atoms with Crippen molar-refractivity contribution in [3.05, 3.63) is 22.4 Å². The minimum absolute atomic E-state index is 0.256. The summed E-state index contributed by atoms with van der Waals surface area (Å²) in [6, 6.07) is 4.39. The molecule has 1 saturated heterocycles. The molecule has 2 heterocycles. The normalized spacial score (nSPS) is 23.5. The van der Waals surface area contributed by atoms with Crippen LogP contribution in [0.5, 0.6) is 0 Å². The zero-order chi connectivity index (χ0) is 11.5. The Morgan fingerprint density at radius 1 is 1.56 bits per heavy atom. The van der Waals surface area contributed by atoms with E-state index in [1.165, 1.54) is 11.3 Å². The molecule has 0 aliphatic carbocycles. The van der Waals surface area contributed by atoms with Crippen molar-refractivity contribution < 1.29 is 4.79 Å². The van der Waals surface area contributed by atoms with E-state index in [-0.39, 0.29) is 5.78 Å². The van der Waals surface area contributed by atoms with Crippen LogP contribution in [0.25, 0.3) is 0 Å². The molecule has 3 nitrogen and oxygen atoms in total. The van der Waals surface area contributed by atoms with Crippen LogP contribution in [0.1, 0.15) is 16.6 Å². The van der Waals surface area contributed by atoms with Crippen LogP contribution < -0.4 is 0 Å². The summed E-state index contributed by atoms with van der Waals surface area (Å²) < 4.78 is 0. The number of thiophene rings is 1. The second-order valence-electron chi connectivity index (χ2n) is 4.47. The summed E-state index contributed by atoms with van der Waals surface area (Å²) in [5.74, 6) is 0.256. The number of ketones is 1. The molecule has 0 radical (unpaired) electrons. The fourth-order valence-corrected chi connectivity index (χ4v) is 2.64. The van der Waals surface area contributed by atoms with Gasteiger partial charge in [0.25, 0.3) is 0 Å². The van der Waals surface area contributed by atoms with Crippen molar-refractivity contribution in [1.82, 2.24) is 9.80 Å². The van der Waals surface area contributed by atoms with Gasteiger partial charge in [0.1, 0.15) is 0 Å². The minimum Gasteiger partial charge on any atom is -0.301 e. The lowest BCUT2D eigenvalue weighted by Crippen LogP contribution is -2.51. The standard InChI is InChI=1S/C12H18N2OS/c1-10-8-14(6-5-13(10)2)9-11(15)12-4-3-7-16-12/h3-4,7,10H,5-6,8-9H2,1-2H3. The number of likely N-dealkylation sites (N-methyl/N-ethyl adjacent to an activating group) is 1. The summed E-state index contributed by atoms with van der Waals surface area (Å²) in [4.78, 5) is 17.4. The van der Waals surface area contributed by atoms with Crippen LogP contribution in [0.15, 0.2) is 17.5 Å². The molecule has 1 unspecified atom stereocenters. The third kappa shape index (κ3) is 2.70. The Kier molecular flexibility index (Phi) is 3.74. The van der Waals surface area contributed by atoms with E-state index in [4.69, 9.17) is 0 Å². The number of carbonyl (C=O) groups is 1. The Balaban J connectivity index is 1.89. The molecule has 2 rings (SSSR count). The topological polar surface area (TPSA) is 23.6 Å². The summed E-state index contributed by atoms with van der Waals surface area (Å²) in [6.07, 6.45) is 0. The Labute approximate surface area is 101 Å². The molecule has 4 heteroatoms. The van der Waals surface area contributed by atoms with Crippen LogP contribution in [0, 0.1) is 0 Å². The van der Waals surface area contributed by atoms with Gasteiger partial charge in [-0.1, -0.05) is 6.07 Å². The highest BCUT2D eigenvalue weighted by molar-refractivity contribution is 7.12. The largest absolute Gasteiger partial charge is 0.301 e. The molecule has 1 aromatic heterocycles. The number of hydrogen-bond acceptors (Lipinski definition) is 4. The van der Waals surface area contributed by atoms with Crippen LogP contribution in [-0.4, -0.2) is 54.9 Å². The van der Waals surface area contributed by atoms with Gasteiger partial charge in [-0.3, -0.25) is 9.69 Å². The van der Waals surface area contributed by atoms with Crippen LogP contribution in [-0.2, 0) is 0 Å². The minimum atomic E-state index is 0.256. The van der Waals surface area contributed by atoms with Gasteiger partial charge in [-0.05, 0) is 25.4 Å². The van der Waals surface area contributed by atoms with E-state index in [2.05, 4.69) is 23.8 Å². The number of nitrogens with zero attached hydrogens (tertiary/aromatic N) is 2. The van der Waals surface area contributed by atoms with Gasteiger partial charge in [-0.15, -0.1) is 11.3 Å². The second kappa shape index (κ2) is 5.08. The summed E-state index contributed by atoms with van der Waals surface area (Å²) >= 11 is 1.53. The van der Waals surface area contributed by atoms with Crippen molar-refractivity contribution in [3.8, 4) is 0 Å². The molecule has 0 aromatic carbocycles. The van der Waals surface area contributed by atoms with E-state index in [1.807, 2.05) is 17.5 Å². The van der Waals surface area contributed by atoms with Gasteiger partial charge in [0, 0.05) is 25.7 Å². The van der Waals surface area contributed by atoms with Gasteiger partial charge in [0.2, 0.25) is 0 Å². The molecule has 0 spiro atoms. The molecule has 1 aliphatic heterocycles. The van der Waals surface area contributed by atoms with Gasteiger partial charge in [0.15, 0.2) is 5.78 Å². The number of Topliss-reactive ketones (excluding diaryl/α,β-unsaturated/α-hetero) is 1. The monoisotopic (exact) mass is 238 g/mol. The van der Waals surface area contributed by atoms with Crippen molar-refractivity contribution in [3.63, 3.8) is 0 Å². The van der Waals surface area contributed by atoms with Gasteiger partial charge >= 0.3 is 0 Å². The van der Waals surface area contributed by atoms with Crippen molar-refractivity contribution in [2.24, 2.45) is 0 Å². The van der Waals surface area contributed by atoms with Crippen LogP contribution >= 0.6 is 11.3 Å². The molecule has 0 saturated carbocycles. The van der Waals surface area contributed by atoms with Gasteiger partial charge in [0.05, 0.1) is 11.4 Å². The third-order valence-electron chi connectivity index (χ3n) is 3.21. The van der Waals surface area contributed by atoms with Gasteiger partial charge in [-0.25, -0.2) is 0 Å². The van der Waals surface area contributed by atoms with E-state index in [1.54, 1.807) is 0 Å². The lowest BCUT2D eigenvalue weighted by atomic mass is 10.2. The fourth-order valence-electron chi connectivity index (χ4n) is 1.99. The molecule has 1 aromatic rings. The number of piperazine rings is 1. The molecule has 88 valence electrons. The molecule has 0 N–H and O–H groups in total. The lowest BCUT2D eigenvalue weighted by molar-refractivity contribution is 0.0789. The van der Waals surface area contributed by atoms with Gasteiger partial charge in [-0.2, -0.15) is 0 Å². The average molecular weight is 238 g/mol. The highest BCUT2D eigenvalue weighted by Gasteiger charge is 2.22. The Morgan fingerprint density at radius 2 is 2.38 bits per heavy atom. The number of carbonyl (C=O) groups excluding carboxylic acids is 1. The zero-order valence-corrected chi connectivity index (χ0v) is 10.7. The Bertz CT molecular complexity index is 350. The first-order valence-corrected chi connectivity index (χ1v) is 6.54. The summed E-state index contributed by atoms with van der Waals surface area (Å²) in [7, 11) is 2.14. The van der Waals surface area contributed by atoms with Crippen molar-refractivity contribution in [2.75, 3.05) is 33.2 Å². The summed E-state index contributed by atoms with van der Waals surface area (Å²) in [5, 5.41) is 1.96. The van der Waals surface area contributed by atoms with Crippen molar-refractivity contribution in [2.45, 2.75) is 13.0 Å². The van der Waals surface area contributed by atoms with Crippen LogP contribution in [0.3, 0.4) is 0 Å². The second-order valence-corrected chi connectivity index (χ2v) is 5.41. The smallest absolute Gasteiger partial charge is 0.186 e. The first kappa shape index (κ1) is 11.8. The average Bonchev–Trinajstić information content (AvgIpc) is 2.77. The van der Waals surface area contributed by atoms with E-state index < -0.39 is 0 Å². The highest BCUT2D eigenvalue weighted by atomic mass is 32.1. The maximum absolute atomic E-state index is 11.9. The number of hydrogen-bond donors (Lipinski definition) is 0. The first-order chi connectivity index (χ1) is 7.66. The molecular weight excluding hydrogens is 220 g/mol. The predicted octanol–water partition coefficient (Wildman–Crippen LogP) is 1.57.